The maximum absolute atomic E-state index is 13.7. The lowest BCUT2D eigenvalue weighted by Crippen LogP contribution is -2.49. The van der Waals surface area contributed by atoms with Crippen LogP contribution in [0.25, 0.3) is 11.1 Å². The fourth-order valence-corrected chi connectivity index (χ4v) is 6.92. The summed E-state index contributed by atoms with van der Waals surface area (Å²) in [7, 11) is 0.329. The van der Waals surface area contributed by atoms with Crippen molar-refractivity contribution in [3.63, 3.8) is 0 Å². The molecule has 3 aromatic rings. The molecule has 1 unspecified atom stereocenters. The molecule has 0 spiro atoms. The molecule has 0 bridgehead atoms. The quantitative estimate of drug-likeness (QED) is 0.429. The summed E-state index contributed by atoms with van der Waals surface area (Å²) in [6, 6.07) is 25.5. The van der Waals surface area contributed by atoms with Gasteiger partial charge in [0.25, 0.3) is 0 Å². The van der Waals surface area contributed by atoms with Crippen LogP contribution in [0.2, 0.25) is 0 Å². The van der Waals surface area contributed by atoms with E-state index in [4.69, 9.17) is 0 Å². The van der Waals surface area contributed by atoms with Gasteiger partial charge >= 0.3 is 0 Å². The van der Waals surface area contributed by atoms with Crippen molar-refractivity contribution in [3.8, 4) is 11.1 Å². The monoisotopic (exact) mass is 500 g/mol. The first kappa shape index (κ1) is 24.5. The first-order chi connectivity index (χ1) is 17.3. The summed E-state index contributed by atoms with van der Waals surface area (Å²) in [5.41, 5.74) is 5.07. The van der Waals surface area contributed by atoms with Gasteiger partial charge in [0.2, 0.25) is 10.0 Å². The first-order valence-corrected chi connectivity index (χ1v) is 13.8. The molecule has 6 heteroatoms. The Kier molecular flexibility index (Phi) is 6.58. The Morgan fingerprint density at radius 2 is 1.53 bits per heavy atom. The lowest BCUT2D eigenvalue weighted by atomic mass is 9.65. The van der Waals surface area contributed by atoms with Gasteiger partial charge in [-0.05, 0) is 53.8 Å². The van der Waals surface area contributed by atoms with Crippen molar-refractivity contribution in [1.82, 2.24) is 4.31 Å². The number of rotatable bonds is 6. The molecule has 1 fully saturated rings. The minimum atomic E-state index is -3.68. The molecule has 1 heterocycles. The zero-order valence-corrected chi connectivity index (χ0v) is 21.7. The smallest absolute Gasteiger partial charge is 0.243 e. The highest BCUT2D eigenvalue weighted by atomic mass is 32.2. The Hall–Kier alpha value is -3.22. The molecule has 5 nitrogen and oxygen atoms in total. The number of fused-ring (bicyclic) bond motifs is 1. The van der Waals surface area contributed by atoms with Gasteiger partial charge in [0.15, 0.2) is 0 Å². The lowest BCUT2D eigenvalue weighted by Gasteiger charge is -2.45. The van der Waals surface area contributed by atoms with E-state index in [1.165, 1.54) is 5.56 Å². The number of carbonyl (C=O) groups is 1. The molecule has 5 rings (SSSR count). The van der Waals surface area contributed by atoms with Crippen LogP contribution in [-0.4, -0.2) is 45.7 Å². The highest BCUT2D eigenvalue weighted by molar-refractivity contribution is 7.89. The predicted octanol–water partition coefficient (Wildman–Crippen LogP) is 5.33. The second-order valence-electron chi connectivity index (χ2n) is 10.2. The highest BCUT2D eigenvalue weighted by Crippen LogP contribution is 2.46. The molecule has 36 heavy (non-hydrogen) atoms. The van der Waals surface area contributed by atoms with Crippen molar-refractivity contribution in [1.29, 1.82) is 0 Å². The van der Waals surface area contributed by atoms with Crippen LogP contribution in [0.4, 0.5) is 5.69 Å². The molecule has 2 aliphatic rings. The lowest BCUT2D eigenvalue weighted by molar-refractivity contribution is -0.120. The molecule has 3 aromatic carbocycles. The Labute approximate surface area is 214 Å². The molecule has 0 radical (unpaired) electrons. The Bertz CT molecular complexity index is 1380. The van der Waals surface area contributed by atoms with Crippen LogP contribution >= 0.6 is 0 Å². The summed E-state index contributed by atoms with van der Waals surface area (Å²) in [4.78, 5) is 14.6. The van der Waals surface area contributed by atoms with E-state index in [2.05, 4.69) is 24.3 Å². The normalized spacial score (nSPS) is 20.5. The summed E-state index contributed by atoms with van der Waals surface area (Å²) in [6.45, 7) is 0.701. The summed E-state index contributed by atoms with van der Waals surface area (Å²) in [5, 5.41) is 0. The number of sulfonamides is 1. The zero-order chi connectivity index (χ0) is 25.3. The molecule has 0 saturated heterocycles. The number of anilines is 1. The molecule has 186 valence electrons. The van der Waals surface area contributed by atoms with Crippen molar-refractivity contribution in [2.45, 2.75) is 30.6 Å². The van der Waals surface area contributed by atoms with Crippen LogP contribution in [0.15, 0.2) is 95.4 Å². The fraction of sp³-hybridized carbons (Fsp3) is 0.300. The van der Waals surface area contributed by atoms with Crippen molar-refractivity contribution in [2.75, 3.05) is 32.1 Å². The van der Waals surface area contributed by atoms with Crippen molar-refractivity contribution in [3.05, 3.63) is 96.1 Å². The van der Waals surface area contributed by atoms with Crippen molar-refractivity contribution < 1.29 is 13.2 Å². The van der Waals surface area contributed by atoms with Gasteiger partial charge in [-0.2, -0.15) is 4.31 Å². The number of ketones is 1. The molecule has 0 amide bonds. The van der Waals surface area contributed by atoms with Crippen molar-refractivity contribution >= 4 is 21.5 Å². The Morgan fingerprint density at radius 1 is 0.889 bits per heavy atom. The SMILES string of the molecule is CN(C)c1ccc(-c2ccc(S(=O)(=O)N3CC=C4CC(=O)CCC4(Cc4ccccc4)C3)cc2)cc1. The van der Waals surface area contributed by atoms with Gasteiger partial charge in [-0.3, -0.25) is 4.79 Å². The number of Topliss-reactive ketones (excluding diaryl/α,β-unsaturated/α-hetero) is 1. The van der Waals surface area contributed by atoms with Gasteiger partial charge in [-0.15, -0.1) is 0 Å². The minimum Gasteiger partial charge on any atom is -0.378 e. The van der Waals surface area contributed by atoms with E-state index in [1.54, 1.807) is 16.4 Å². The first-order valence-electron chi connectivity index (χ1n) is 12.4. The maximum atomic E-state index is 13.7. The van der Waals surface area contributed by atoms with E-state index >= 15 is 0 Å². The number of hydrogen-bond donors (Lipinski definition) is 0. The molecular weight excluding hydrogens is 468 g/mol. The molecular formula is C30H32N2O3S. The molecule has 1 saturated carbocycles. The van der Waals surface area contributed by atoms with Gasteiger partial charge in [0.05, 0.1) is 4.90 Å². The van der Waals surface area contributed by atoms with Crippen molar-refractivity contribution in [2.24, 2.45) is 5.41 Å². The summed E-state index contributed by atoms with van der Waals surface area (Å²) in [5.74, 6) is 0.246. The highest BCUT2D eigenvalue weighted by Gasteiger charge is 2.45. The number of nitrogens with zero attached hydrogens (tertiary/aromatic N) is 2. The second-order valence-corrected chi connectivity index (χ2v) is 12.1. The minimum absolute atomic E-state index is 0.246. The number of carbonyl (C=O) groups excluding carboxylic acids is 1. The molecule has 0 N–H and O–H groups in total. The third-order valence-electron chi connectivity index (χ3n) is 7.57. The van der Waals surface area contributed by atoms with E-state index in [9.17, 15) is 13.2 Å². The van der Waals surface area contributed by atoms with E-state index in [1.807, 2.05) is 67.5 Å². The molecule has 1 aliphatic carbocycles. The largest absolute Gasteiger partial charge is 0.378 e. The summed E-state index contributed by atoms with van der Waals surface area (Å²) >= 11 is 0. The average Bonchev–Trinajstić information content (AvgIpc) is 2.89. The van der Waals surface area contributed by atoms with E-state index in [0.717, 1.165) is 28.8 Å². The molecule has 1 aliphatic heterocycles. The third kappa shape index (κ3) is 4.75. The third-order valence-corrected chi connectivity index (χ3v) is 9.39. The Morgan fingerprint density at radius 3 is 2.17 bits per heavy atom. The maximum Gasteiger partial charge on any atom is 0.243 e. The zero-order valence-electron chi connectivity index (χ0n) is 20.9. The van der Waals surface area contributed by atoms with Gasteiger partial charge < -0.3 is 4.90 Å². The van der Waals surface area contributed by atoms with E-state index in [-0.39, 0.29) is 11.2 Å². The van der Waals surface area contributed by atoms with Crippen LogP contribution in [0.5, 0.6) is 0 Å². The van der Waals surface area contributed by atoms with Crippen LogP contribution < -0.4 is 4.90 Å². The standard InChI is InChI=1S/C30H32N2O3S/c1-31(2)27-12-8-24(9-13-27)25-10-14-29(15-11-25)36(34,35)32-19-17-26-20-28(33)16-18-30(26,22-32)21-23-6-4-3-5-7-23/h3-15,17H,16,18-22H2,1-2H3. The number of hydrogen-bond acceptors (Lipinski definition) is 4. The van der Waals surface area contributed by atoms with E-state index in [0.29, 0.717) is 37.2 Å². The Balaban J connectivity index is 1.41. The topological polar surface area (TPSA) is 57.7 Å². The number of benzene rings is 3. The molecule has 0 aromatic heterocycles. The van der Waals surface area contributed by atoms with Crippen LogP contribution in [-0.2, 0) is 21.2 Å². The van der Waals surface area contributed by atoms with Gasteiger partial charge in [-0.1, -0.05) is 66.2 Å². The van der Waals surface area contributed by atoms with Gasteiger partial charge in [0.1, 0.15) is 5.78 Å². The van der Waals surface area contributed by atoms with Crippen LogP contribution in [0, 0.1) is 5.41 Å². The fourth-order valence-electron chi connectivity index (χ4n) is 5.46. The second kappa shape index (κ2) is 9.68. The summed E-state index contributed by atoms with van der Waals surface area (Å²) in [6.07, 6.45) is 4.34. The van der Waals surface area contributed by atoms with Crippen LogP contribution in [0.3, 0.4) is 0 Å². The van der Waals surface area contributed by atoms with Gasteiger partial charge in [-0.25, -0.2) is 8.42 Å². The van der Waals surface area contributed by atoms with Crippen LogP contribution in [0.1, 0.15) is 24.8 Å². The van der Waals surface area contributed by atoms with E-state index < -0.39 is 10.0 Å². The average molecular weight is 501 g/mol. The predicted molar refractivity (Wildman–Crippen MR) is 144 cm³/mol. The summed E-state index contributed by atoms with van der Waals surface area (Å²) < 4.78 is 29.0. The van der Waals surface area contributed by atoms with Gasteiger partial charge in [0, 0.05) is 51.1 Å². The molecule has 1 atom stereocenters.